The minimum atomic E-state index is 0.0121. The molecule has 0 unspecified atom stereocenters. The Balaban J connectivity index is 1.73. The monoisotopic (exact) mass is 375 g/mol. The van der Waals surface area contributed by atoms with Crippen LogP contribution in [0.25, 0.3) is 0 Å². The fraction of sp³-hybridized carbons (Fsp3) is 0.333. The van der Waals surface area contributed by atoms with Crippen molar-refractivity contribution in [1.82, 2.24) is 15.5 Å². The molecule has 4 nitrogen and oxygen atoms in total. The number of nitrogens with zero attached hydrogens (tertiary/aromatic N) is 1. The summed E-state index contributed by atoms with van der Waals surface area (Å²) in [6.07, 6.45) is 3.70. The van der Waals surface area contributed by atoms with Crippen molar-refractivity contribution in [2.24, 2.45) is 0 Å². The Morgan fingerprint density at radius 3 is 3.06 bits per heavy atom. The fourth-order valence-corrected chi connectivity index (χ4v) is 2.97. The zero-order valence-corrected chi connectivity index (χ0v) is 13.0. The lowest BCUT2D eigenvalue weighted by Crippen LogP contribution is -2.24. The summed E-state index contributed by atoms with van der Waals surface area (Å²) in [6.45, 7) is 2.70. The zero-order chi connectivity index (χ0) is 13.0. The van der Waals surface area contributed by atoms with E-state index in [1.807, 2.05) is 24.6 Å². The first-order valence-corrected chi connectivity index (χ1v) is 7.63. The third-order valence-corrected chi connectivity index (χ3v) is 4.46. The highest BCUT2D eigenvalue weighted by molar-refractivity contribution is 14.1. The summed E-state index contributed by atoms with van der Waals surface area (Å²) < 4.78 is 1.13. The minimum Gasteiger partial charge on any atom is -0.352 e. The maximum absolute atomic E-state index is 11.8. The molecule has 0 bridgehead atoms. The molecule has 0 aromatic carbocycles. The van der Waals surface area contributed by atoms with Crippen molar-refractivity contribution in [3.63, 3.8) is 0 Å². The topological polar surface area (TPSA) is 57.8 Å². The van der Waals surface area contributed by atoms with Gasteiger partial charge in [-0.2, -0.15) is 5.10 Å². The average molecular weight is 375 g/mol. The molecule has 2 aromatic heterocycles. The van der Waals surface area contributed by atoms with Gasteiger partial charge in [-0.3, -0.25) is 9.89 Å². The Morgan fingerprint density at radius 2 is 2.44 bits per heavy atom. The molecule has 0 aliphatic carbocycles. The van der Waals surface area contributed by atoms with Crippen LogP contribution in [0.2, 0.25) is 0 Å². The molecule has 0 saturated heterocycles. The molecule has 2 rings (SSSR count). The van der Waals surface area contributed by atoms with Gasteiger partial charge in [0.2, 0.25) is 0 Å². The predicted octanol–water partition coefficient (Wildman–Crippen LogP) is 2.75. The van der Waals surface area contributed by atoms with Crippen molar-refractivity contribution in [2.75, 3.05) is 6.54 Å². The third-order valence-electron chi connectivity index (χ3n) is 2.67. The van der Waals surface area contributed by atoms with Crippen molar-refractivity contribution in [3.05, 3.63) is 37.3 Å². The van der Waals surface area contributed by atoms with Crippen LogP contribution in [0.15, 0.2) is 17.6 Å². The molecule has 0 aliphatic heterocycles. The van der Waals surface area contributed by atoms with E-state index in [4.69, 9.17) is 0 Å². The summed E-state index contributed by atoms with van der Waals surface area (Å²) in [5, 5.41) is 11.7. The van der Waals surface area contributed by atoms with Crippen molar-refractivity contribution < 1.29 is 4.79 Å². The van der Waals surface area contributed by atoms with Crippen LogP contribution >= 0.6 is 33.9 Å². The molecule has 0 fully saturated rings. The number of aromatic nitrogens is 2. The Labute approximate surface area is 123 Å². The van der Waals surface area contributed by atoms with Gasteiger partial charge in [0, 0.05) is 17.6 Å². The first-order valence-electron chi connectivity index (χ1n) is 5.68. The Morgan fingerprint density at radius 1 is 1.61 bits per heavy atom. The van der Waals surface area contributed by atoms with E-state index in [-0.39, 0.29) is 5.91 Å². The smallest absolute Gasteiger partial charge is 0.252 e. The number of aromatic amines is 1. The van der Waals surface area contributed by atoms with Gasteiger partial charge >= 0.3 is 0 Å². The molecule has 0 radical (unpaired) electrons. The number of H-pyrrole nitrogens is 1. The predicted molar refractivity (Wildman–Crippen MR) is 81.0 cm³/mol. The Bertz CT molecular complexity index is 535. The molecule has 0 saturated carbocycles. The highest BCUT2D eigenvalue weighted by atomic mass is 127. The Hall–Kier alpha value is -0.890. The van der Waals surface area contributed by atoms with Gasteiger partial charge in [0.1, 0.15) is 0 Å². The first-order chi connectivity index (χ1) is 8.66. The molecule has 2 N–H and O–H groups in total. The van der Waals surface area contributed by atoms with E-state index in [0.29, 0.717) is 6.54 Å². The molecule has 0 aliphatic rings. The maximum atomic E-state index is 11.8. The molecular formula is C12H14IN3OS. The highest BCUT2D eigenvalue weighted by Gasteiger charge is 2.07. The van der Waals surface area contributed by atoms with E-state index < -0.39 is 0 Å². The van der Waals surface area contributed by atoms with Gasteiger partial charge < -0.3 is 5.32 Å². The summed E-state index contributed by atoms with van der Waals surface area (Å²) in [5.74, 6) is 0.0121. The zero-order valence-electron chi connectivity index (χ0n) is 10.00. The van der Waals surface area contributed by atoms with E-state index in [2.05, 4.69) is 38.1 Å². The van der Waals surface area contributed by atoms with Crippen LogP contribution in [0.3, 0.4) is 0 Å². The molecule has 6 heteroatoms. The van der Waals surface area contributed by atoms with Crippen LogP contribution in [0.1, 0.15) is 28.0 Å². The summed E-state index contributed by atoms with van der Waals surface area (Å²) >= 11 is 3.80. The fourth-order valence-electron chi connectivity index (χ4n) is 1.64. The number of aryl methyl sites for hydroxylation is 2. The maximum Gasteiger partial charge on any atom is 0.252 e. The second kappa shape index (κ2) is 6.33. The number of thiophene rings is 1. The molecule has 2 aromatic rings. The van der Waals surface area contributed by atoms with Crippen LogP contribution in [0, 0.1) is 9.81 Å². The van der Waals surface area contributed by atoms with Gasteiger partial charge in [-0.1, -0.05) is 0 Å². The number of amides is 1. The van der Waals surface area contributed by atoms with Crippen LogP contribution in [0.4, 0.5) is 0 Å². The second-order valence-electron chi connectivity index (χ2n) is 4.02. The Kier molecular flexibility index (Phi) is 4.76. The van der Waals surface area contributed by atoms with E-state index in [1.165, 1.54) is 5.56 Å². The normalized spacial score (nSPS) is 10.6. The van der Waals surface area contributed by atoms with Gasteiger partial charge in [0.05, 0.1) is 14.6 Å². The van der Waals surface area contributed by atoms with Crippen LogP contribution in [-0.2, 0) is 6.42 Å². The van der Waals surface area contributed by atoms with Crippen LogP contribution < -0.4 is 5.32 Å². The number of carbonyl (C=O) groups excluding carboxylic acids is 1. The van der Waals surface area contributed by atoms with Crippen molar-refractivity contribution in [2.45, 2.75) is 19.8 Å². The molecule has 0 spiro atoms. The number of halogens is 1. The standard InChI is InChI=1S/C12H14IN3OS/c1-8-9(6-15-16-8)3-2-4-14-12(17)10-5-11(13)18-7-10/h5-7H,2-4H2,1H3,(H,14,17)(H,15,16). The van der Waals surface area contributed by atoms with Crippen LogP contribution in [0.5, 0.6) is 0 Å². The molecule has 0 atom stereocenters. The number of rotatable bonds is 5. The van der Waals surface area contributed by atoms with Crippen molar-refractivity contribution in [1.29, 1.82) is 0 Å². The van der Waals surface area contributed by atoms with E-state index >= 15 is 0 Å². The average Bonchev–Trinajstić information content (AvgIpc) is 2.94. The largest absolute Gasteiger partial charge is 0.352 e. The molecule has 1 amide bonds. The van der Waals surface area contributed by atoms with Gasteiger partial charge in [-0.05, 0) is 54.0 Å². The quantitative estimate of drug-likeness (QED) is 0.624. The molecule has 18 heavy (non-hydrogen) atoms. The molecule has 96 valence electrons. The van der Waals surface area contributed by atoms with E-state index in [9.17, 15) is 4.79 Å². The second-order valence-corrected chi connectivity index (χ2v) is 6.82. The lowest BCUT2D eigenvalue weighted by Gasteiger charge is -2.03. The van der Waals surface area contributed by atoms with E-state index in [1.54, 1.807) is 11.3 Å². The van der Waals surface area contributed by atoms with Gasteiger partial charge in [0.15, 0.2) is 0 Å². The number of hydrogen-bond acceptors (Lipinski definition) is 3. The van der Waals surface area contributed by atoms with Crippen molar-refractivity contribution in [3.8, 4) is 0 Å². The van der Waals surface area contributed by atoms with E-state index in [0.717, 1.165) is 27.0 Å². The van der Waals surface area contributed by atoms with Gasteiger partial charge in [-0.25, -0.2) is 0 Å². The van der Waals surface area contributed by atoms with Gasteiger partial charge in [-0.15, -0.1) is 11.3 Å². The lowest BCUT2D eigenvalue weighted by molar-refractivity contribution is 0.0953. The number of carbonyl (C=O) groups is 1. The summed E-state index contributed by atoms with van der Waals surface area (Å²) in [6, 6.07) is 1.90. The first kappa shape index (κ1) is 13.5. The van der Waals surface area contributed by atoms with Crippen LogP contribution in [-0.4, -0.2) is 22.6 Å². The number of hydrogen-bond donors (Lipinski definition) is 2. The summed E-state index contributed by atoms with van der Waals surface area (Å²) in [4.78, 5) is 11.8. The summed E-state index contributed by atoms with van der Waals surface area (Å²) in [5.41, 5.74) is 3.08. The number of nitrogens with one attached hydrogen (secondary N) is 2. The SMILES string of the molecule is Cc1[nH]ncc1CCCNC(=O)c1csc(I)c1. The third kappa shape index (κ3) is 3.55. The molecular weight excluding hydrogens is 361 g/mol. The van der Waals surface area contributed by atoms with Gasteiger partial charge in [0.25, 0.3) is 5.91 Å². The van der Waals surface area contributed by atoms with Crippen molar-refractivity contribution >= 4 is 39.8 Å². The highest BCUT2D eigenvalue weighted by Crippen LogP contribution is 2.16. The minimum absolute atomic E-state index is 0.0121. The summed E-state index contributed by atoms with van der Waals surface area (Å²) in [7, 11) is 0. The lowest BCUT2D eigenvalue weighted by atomic mass is 10.1. The molecule has 2 heterocycles.